The van der Waals surface area contributed by atoms with Crippen LogP contribution in [0, 0.1) is 5.92 Å². The Bertz CT molecular complexity index is 652. The van der Waals surface area contributed by atoms with E-state index in [-0.39, 0.29) is 13.2 Å². The van der Waals surface area contributed by atoms with Crippen molar-refractivity contribution in [1.82, 2.24) is 0 Å². The predicted molar refractivity (Wildman–Crippen MR) is 96.0 cm³/mol. The van der Waals surface area contributed by atoms with Crippen LogP contribution in [0.2, 0.25) is 0 Å². The Morgan fingerprint density at radius 1 is 1.24 bits per heavy atom. The highest BCUT2D eigenvalue weighted by Crippen LogP contribution is 2.41. The van der Waals surface area contributed by atoms with Gasteiger partial charge in [0.05, 0.1) is 12.2 Å². The lowest BCUT2D eigenvalue weighted by Crippen LogP contribution is -2.21. The molecule has 0 saturated heterocycles. The normalized spacial score (nSPS) is 16.0. The number of fused-ring (bicyclic) bond motifs is 1. The van der Waals surface area contributed by atoms with E-state index >= 15 is 0 Å². The standard InChI is InChI=1S/C18H25NO5S/c1-4-6-12-7-8-13-14(9-12)25-17(16(13)18(22)23-5-2)19-15(21)10-24-11(3)20/h12H,4-10H2,1-3H3,(H,19,21)/t12-/m1/s1. The Morgan fingerprint density at radius 2 is 2.00 bits per heavy atom. The first-order chi connectivity index (χ1) is 12.0. The fourth-order valence-electron chi connectivity index (χ4n) is 3.15. The number of esters is 2. The number of anilines is 1. The molecule has 0 saturated carbocycles. The SMILES string of the molecule is CCC[C@@H]1CCc2c(sc(NC(=O)COC(C)=O)c2C(=O)OCC)C1. The van der Waals surface area contributed by atoms with Crippen molar-refractivity contribution in [3.05, 3.63) is 16.0 Å². The molecule has 1 atom stereocenters. The van der Waals surface area contributed by atoms with Crippen molar-refractivity contribution in [2.75, 3.05) is 18.5 Å². The molecule has 1 heterocycles. The maximum atomic E-state index is 12.4. The van der Waals surface area contributed by atoms with E-state index in [1.165, 1.54) is 24.7 Å². The van der Waals surface area contributed by atoms with Crippen LogP contribution in [0.15, 0.2) is 0 Å². The second-order valence-corrected chi connectivity index (χ2v) is 7.26. The summed E-state index contributed by atoms with van der Waals surface area (Å²) in [6.07, 6.45) is 5.11. The zero-order valence-corrected chi connectivity index (χ0v) is 15.8. The number of amides is 1. The van der Waals surface area contributed by atoms with Crippen molar-refractivity contribution in [1.29, 1.82) is 0 Å². The van der Waals surface area contributed by atoms with Crippen molar-refractivity contribution in [2.45, 2.75) is 52.9 Å². The van der Waals surface area contributed by atoms with Gasteiger partial charge in [0.1, 0.15) is 5.00 Å². The molecule has 138 valence electrons. The molecular formula is C18H25NO5S. The molecule has 2 rings (SSSR count). The molecule has 1 aliphatic rings. The quantitative estimate of drug-likeness (QED) is 0.748. The van der Waals surface area contributed by atoms with Crippen LogP contribution in [-0.2, 0) is 31.9 Å². The van der Waals surface area contributed by atoms with E-state index in [4.69, 9.17) is 9.47 Å². The van der Waals surface area contributed by atoms with E-state index < -0.39 is 17.8 Å². The molecule has 1 aromatic rings. The first-order valence-corrected chi connectivity index (χ1v) is 9.52. The van der Waals surface area contributed by atoms with Gasteiger partial charge in [0.25, 0.3) is 5.91 Å². The molecule has 0 radical (unpaired) electrons. The number of hydrogen-bond acceptors (Lipinski definition) is 6. The molecule has 7 heteroatoms. The van der Waals surface area contributed by atoms with Crippen LogP contribution in [0.3, 0.4) is 0 Å². The molecule has 1 amide bonds. The summed E-state index contributed by atoms with van der Waals surface area (Å²) >= 11 is 1.44. The van der Waals surface area contributed by atoms with Crippen LogP contribution < -0.4 is 5.32 Å². The Morgan fingerprint density at radius 3 is 2.64 bits per heavy atom. The Kier molecular flexibility index (Phi) is 6.99. The number of carbonyl (C=O) groups excluding carboxylic acids is 3. The third-order valence-electron chi connectivity index (χ3n) is 4.20. The Hall–Kier alpha value is -1.89. The molecule has 1 N–H and O–H groups in total. The van der Waals surface area contributed by atoms with Gasteiger partial charge in [0.2, 0.25) is 0 Å². The summed E-state index contributed by atoms with van der Waals surface area (Å²) in [6, 6.07) is 0. The van der Waals surface area contributed by atoms with Crippen molar-refractivity contribution in [3.63, 3.8) is 0 Å². The fraction of sp³-hybridized carbons (Fsp3) is 0.611. The van der Waals surface area contributed by atoms with E-state index in [2.05, 4.69) is 12.2 Å². The summed E-state index contributed by atoms with van der Waals surface area (Å²) in [4.78, 5) is 36.4. The summed E-state index contributed by atoms with van der Waals surface area (Å²) in [5.74, 6) is -0.759. The van der Waals surface area contributed by atoms with Gasteiger partial charge in [0, 0.05) is 11.8 Å². The lowest BCUT2D eigenvalue weighted by Gasteiger charge is -2.21. The summed E-state index contributed by atoms with van der Waals surface area (Å²) in [5.41, 5.74) is 1.46. The maximum Gasteiger partial charge on any atom is 0.341 e. The lowest BCUT2D eigenvalue weighted by atomic mass is 9.84. The molecule has 0 unspecified atom stereocenters. The van der Waals surface area contributed by atoms with Crippen LogP contribution in [-0.4, -0.2) is 31.1 Å². The van der Waals surface area contributed by atoms with Crippen molar-refractivity contribution < 1.29 is 23.9 Å². The molecule has 0 aliphatic heterocycles. The van der Waals surface area contributed by atoms with Crippen LogP contribution in [0.1, 0.15) is 60.8 Å². The average Bonchev–Trinajstić information content (AvgIpc) is 2.90. The fourth-order valence-corrected chi connectivity index (χ4v) is 4.51. The highest BCUT2D eigenvalue weighted by molar-refractivity contribution is 7.17. The molecule has 25 heavy (non-hydrogen) atoms. The molecule has 1 aromatic heterocycles. The second kappa shape index (κ2) is 8.99. The number of thiophene rings is 1. The zero-order valence-electron chi connectivity index (χ0n) is 15.0. The van der Waals surface area contributed by atoms with Gasteiger partial charge in [-0.05, 0) is 37.7 Å². The largest absolute Gasteiger partial charge is 0.462 e. The second-order valence-electron chi connectivity index (χ2n) is 6.15. The van der Waals surface area contributed by atoms with E-state index in [1.54, 1.807) is 6.92 Å². The number of rotatable bonds is 7. The summed E-state index contributed by atoms with van der Waals surface area (Å²) in [7, 11) is 0. The van der Waals surface area contributed by atoms with Crippen LogP contribution in [0.5, 0.6) is 0 Å². The first-order valence-electron chi connectivity index (χ1n) is 8.71. The summed E-state index contributed by atoms with van der Waals surface area (Å²) in [5, 5.41) is 3.21. The average molecular weight is 367 g/mol. The molecule has 0 fully saturated rings. The highest BCUT2D eigenvalue weighted by atomic mass is 32.1. The third kappa shape index (κ3) is 5.04. The van der Waals surface area contributed by atoms with E-state index in [0.29, 0.717) is 16.5 Å². The van der Waals surface area contributed by atoms with Gasteiger partial charge >= 0.3 is 11.9 Å². The topological polar surface area (TPSA) is 81.7 Å². The highest BCUT2D eigenvalue weighted by Gasteiger charge is 2.30. The third-order valence-corrected chi connectivity index (χ3v) is 5.37. The Labute approximate surface area is 151 Å². The minimum atomic E-state index is -0.520. The van der Waals surface area contributed by atoms with Gasteiger partial charge in [-0.2, -0.15) is 0 Å². The van der Waals surface area contributed by atoms with Crippen LogP contribution >= 0.6 is 11.3 Å². The number of hydrogen-bond donors (Lipinski definition) is 1. The van der Waals surface area contributed by atoms with Crippen molar-refractivity contribution in [3.8, 4) is 0 Å². The van der Waals surface area contributed by atoms with E-state index in [1.807, 2.05) is 0 Å². The molecule has 0 aromatic carbocycles. The van der Waals surface area contributed by atoms with Gasteiger partial charge < -0.3 is 14.8 Å². The zero-order chi connectivity index (χ0) is 18.4. The van der Waals surface area contributed by atoms with E-state index in [0.717, 1.165) is 36.1 Å². The van der Waals surface area contributed by atoms with Crippen LogP contribution in [0.25, 0.3) is 0 Å². The smallest absolute Gasteiger partial charge is 0.341 e. The van der Waals surface area contributed by atoms with Crippen LogP contribution in [0.4, 0.5) is 5.00 Å². The summed E-state index contributed by atoms with van der Waals surface area (Å²) < 4.78 is 9.89. The molecule has 1 aliphatic carbocycles. The summed E-state index contributed by atoms with van der Waals surface area (Å²) in [6.45, 7) is 5.10. The van der Waals surface area contributed by atoms with Gasteiger partial charge in [0.15, 0.2) is 6.61 Å². The molecule has 6 nitrogen and oxygen atoms in total. The van der Waals surface area contributed by atoms with Gasteiger partial charge in [-0.25, -0.2) is 4.79 Å². The van der Waals surface area contributed by atoms with Gasteiger partial charge in [-0.15, -0.1) is 11.3 Å². The number of nitrogens with one attached hydrogen (secondary N) is 1. The number of carbonyl (C=O) groups is 3. The number of ether oxygens (including phenoxy) is 2. The van der Waals surface area contributed by atoms with Gasteiger partial charge in [-0.3, -0.25) is 9.59 Å². The molecule has 0 bridgehead atoms. The van der Waals surface area contributed by atoms with E-state index in [9.17, 15) is 14.4 Å². The lowest BCUT2D eigenvalue weighted by molar-refractivity contribution is -0.144. The molecular weight excluding hydrogens is 342 g/mol. The predicted octanol–water partition coefficient (Wildman–Crippen LogP) is 3.33. The Balaban J connectivity index is 2.24. The van der Waals surface area contributed by atoms with Crippen molar-refractivity contribution >= 4 is 34.2 Å². The minimum Gasteiger partial charge on any atom is -0.462 e. The van der Waals surface area contributed by atoms with Gasteiger partial charge in [-0.1, -0.05) is 19.8 Å². The first kappa shape index (κ1) is 19.4. The minimum absolute atomic E-state index is 0.281. The maximum absolute atomic E-state index is 12.4. The van der Waals surface area contributed by atoms with Crippen molar-refractivity contribution in [2.24, 2.45) is 5.92 Å². The monoisotopic (exact) mass is 367 g/mol. The molecule has 0 spiro atoms.